The second-order valence-corrected chi connectivity index (χ2v) is 4.79. The van der Waals surface area contributed by atoms with E-state index in [-0.39, 0.29) is 0 Å². The number of halogens is 1. The monoisotopic (exact) mass is 282 g/mol. The van der Waals surface area contributed by atoms with E-state index in [0.717, 1.165) is 5.69 Å². The van der Waals surface area contributed by atoms with Gasteiger partial charge in [0.25, 0.3) is 0 Å². The Balaban J connectivity index is 2.28. The van der Waals surface area contributed by atoms with Crippen LogP contribution in [0.5, 0.6) is 0 Å². The summed E-state index contributed by atoms with van der Waals surface area (Å²) in [6.45, 7) is 1.82. The molecule has 0 radical (unpaired) electrons. The number of rotatable bonds is 3. The predicted molar refractivity (Wildman–Crippen MR) is 73.1 cm³/mol. The Morgan fingerprint density at radius 3 is 2.94 bits per heavy atom. The third kappa shape index (κ3) is 3.16. The number of nitrogens with zero attached hydrogens (tertiary/aromatic N) is 3. The molecule has 4 N–H and O–H groups in total. The Labute approximate surface area is 112 Å². The number of aromatic nitrogens is 2. The summed E-state index contributed by atoms with van der Waals surface area (Å²) in [7, 11) is 0. The van der Waals surface area contributed by atoms with Crippen molar-refractivity contribution in [3.63, 3.8) is 0 Å². The minimum Gasteiger partial charge on any atom is -0.298 e. The molecule has 1 aromatic carbocycles. The number of nitrogen functional groups attached to an aromatic ring is 1. The average Bonchev–Trinajstić information content (AvgIpc) is 2.38. The van der Waals surface area contributed by atoms with Crippen LogP contribution in [0.2, 0.25) is 5.02 Å². The first-order valence-corrected chi connectivity index (χ1v) is 6.25. The Morgan fingerprint density at radius 1 is 1.39 bits per heavy atom. The Kier molecular flexibility index (Phi) is 4.08. The molecule has 0 unspecified atom stereocenters. The summed E-state index contributed by atoms with van der Waals surface area (Å²) in [5.74, 6) is 5.27. The zero-order chi connectivity index (χ0) is 13.0. The molecule has 0 aliphatic carbocycles. The van der Waals surface area contributed by atoms with Gasteiger partial charge in [-0.2, -0.15) is 5.10 Å². The maximum atomic E-state index is 5.88. The second-order valence-electron chi connectivity index (χ2n) is 3.38. The van der Waals surface area contributed by atoms with E-state index in [1.807, 2.05) is 19.1 Å². The molecule has 8 heteroatoms. The Bertz CT molecular complexity index is 611. The molecule has 1 heterocycles. The normalized spacial score (nSPS) is 11.4. The number of aryl methyl sites for hydroxylation is 1. The van der Waals surface area contributed by atoms with Gasteiger partial charge in [0.15, 0.2) is 4.67 Å². The van der Waals surface area contributed by atoms with Gasteiger partial charge in [-0.25, -0.2) is 5.84 Å². The van der Waals surface area contributed by atoms with E-state index in [1.54, 1.807) is 12.1 Å². The van der Waals surface area contributed by atoms with Crippen molar-refractivity contribution in [2.24, 2.45) is 10.9 Å². The summed E-state index contributed by atoms with van der Waals surface area (Å²) in [6, 6.07) is 7.28. The van der Waals surface area contributed by atoms with E-state index < -0.39 is 0 Å². The summed E-state index contributed by atoms with van der Waals surface area (Å²) in [5.41, 5.74) is 6.86. The molecule has 0 saturated carbocycles. The molecular weight excluding hydrogens is 272 g/mol. The molecule has 0 saturated heterocycles. The standard InChI is InChI=1S/C10H11ClN6S/c1-6-9(18-10(13-12)17-14-6)16-15-8-4-2-3-7(11)5-8/h2-5,15H,12H2,1H3,(H,13,17)/b16-9+. The molecule has 0 aliphatic rings. The number of hydrogen-bond acceptors (Lipinski definition) is 7. The number of hydrazine groups is 1. The number of nitrogens with two attached hydrogens (primary N) is 1. The maximum absolute atomic E-state index is 5.88. The number of hydrogen-bond donors (Lipinski definition) is 3. The van der Waals surface area contributed by atoms with Crippen LogP contribution in [-0.2, 0) is 0 Å². The Hall–Kier alpha value is -1.70. The maximum Gasteiger partial charge on any atom is 0.220 e. The molecule has 0 bridgehead atoms. The van der Waals surface area contributed by atoms with E-state index >= 15 is 0 Å². The number of benzene rings is 1. The van der Waals surface area contributed by atoms with Crippen molar-refractivity contribution in [2.45, 2.75) is 6.92 Å². The highest BCUT2D eigenvalue weighted by atomic mass is 35.5. The zero-order valence-electron chi connectivity index (χ0n) is 9.51. The molecule has 18 heavy (non-hydrogen) atoms. The zero-order valence-corrected chi connectivity index (χ0v) is 11.1. The quantitative estimate of drug-likeness (QED) is 0.589. The lowest BCUT2D eigenvalue weighted by Gasteiger charge is -2.01. The van der Waals surface area contributed by atoms with Crippen LogP contribution in [-0.4, -0.2) is 10.2 Å². The fraction of sp³-hybridized carbons (Fsp3) is 0.100. The van der Waals surface area contributed by atoms with Gasteiger partial charge in [0.05, 0.1) is 11.4 Å². The second kappa shape index (κ2) is 5.76. The molecule has 0 fully saturated rings. The molecule has 2 rings (SSSR count). The minimum atomic E-state index is 0.493. The fourth-order valence-corrected chi connectivity index (χ4v) is 1.98. The molecular formula is C10H11ClN6S. The van der Waals surface area contributed by atoms with Crippen molar-refractivity contribution in [2.75, 3.05) is 10.9 Å². The molecule has 94 valence electrons. The summed E-state index contributed by atoms with van der Waals surface area (Å²) in [6.07, 6.45) is 0. The van der Waals surface area contributed by atoms with Crippen molar-refractivity contribution in [1.29, 1.82) is 0 Å². The molecule has 0 atom stereocenters. The fourth-order valence-electron chi connectivity index (χ4n) is 1.18. The van der Waals surface area contributed by atoms with Crippen molar-refractivity contribution in [1.82, 2.24) is 10.2 Å². The van der Waals surface area contributed by atoms with Gasteiger partial charge in [-0.3, -0.25) is 10.9 Å². The van der Waals surface area contributed by atoms with Crippen molar-refractivity contribution >= 4 is 33.8 Å². The van der Waals surface area contributed by atoms with Crippen molar-refractivity contribution < 1.29 is 0 Å². The predicted octanol–water partition coefficient (Wildman–Crippen LogP) is 1.71. The van der Waals surface area contributed by atoms with Gasteiger partial charge < -0.3 is 0 Å². The van der Waals surface area contributed by atoms with E-state index in [2.05, 4.69) is 26.2 Å². The molecule has 0 amide bonds. The SMILES string of the molecule is Cc1nnc(NN)s/c1=N/Nc1cccc(Cl)c1. The van der Waals surface area contributed by atoms with Gasteiger partial charge in [-0.05, 0) is 25.1 Å². The van der Waals surface area contributed by atoms with Crippen LogP contribution < -0.4 is 21.4 Å². The molecule has 0 spiro atoms. The molecule has 1 aromatic heterocycles. The smallest absolute Gasteiger partial charge is 0.220 e. The van der Waals surface area contributed by atoms with Gasteiger partial charge in [0, 0.05) is 5.02 Å². The van der Waals surface area contributed by atoms with Gasteiger partial charge in [-0.15, -0.1) is 10.2 Å². The topological polar surface area (TPSA) is 88.2 Å². The van der Waals surface area contributed by atoms with Crippen molar-refractivity contribution in [3.8, 4) is 0 Å². The van der Waals surface area contributed by atoms with Crippen LogP contribution in [0, 0.1) is 6.92 Å². The average molecular weight is 283 g/mol. The highest BCUT2D eigenvalue weighted by Crippen LogP contribution is 2.14. The highest BCUT2D eigenvalue weighted by molar-refractivity contribution is 7.12. The molecule has 2 aromatic rings. The third-order valence-corrected chi connectivity index (χ3v) is 3.24. The van der Waals surface area contributed by atoms with Gasteiger partial charge in [0.1, 0.15) is 0 Å². The number of nitrogens with one attached hydrogen (secondary N) is 2. The first-order chi connectivity index (χ1) is 8.69. The molecule has 0 aliphatic heterocycles. The lowest BCUT2D eigenvalue weighted by atomic mass is 10.3. The van der Waals surface area contributed by atoms with E-state index in [4.69, 9.17) is 17.4 Å². The summed E-state index contributed by atoms with van der Waals surface area (Å²) in [5, 5.41) is 13.2. The number of anilines is 2. The van der Waals surface area contributed by atoms with Crippen LogP contribution in [0.3, 0.4) is 0 Å². The third-order valence-electron chi connectivity index (χ3n) is 2.03. The lowest BCUT2D eigenvalue weighted by Crippen LogP contribution is -2.14. The summed E-state index contributed by atoms with van der Waals surface area (Å²) < 4.78 is 0.693. The molecule has 6 nitrogen and oxygen atoms in total. The summed E-state index contributed by atoms with van der Waals surface area (Å²) >= 11 is 7.18. The van der Waals surface area contributed by atoms with Crippen LogP contribution in [0.15, 0.2) is 29.4 Å². The van der Waals surface area contributed by atoms with Crippen LogP contribution in [0.1, 0.15) is 5.69 Å². The lowest BCUT2D eigenvalue weighted by molar-refractivity contribution is 0.975. The van der Waals surface area contributed by atoms with Gasteiger partial charge >= 0.3 is 0 Å². The first-order valence-electron chi connectivity index (χ1n) is 5.05. The first kappa shape index (κ1) is 12.7. The Morgan fingerprint density at radius 2 is 2.22 bits per heavy atom. The van der Waals surface area contributed by atoms with E-state index in [0.29, 0.717) is 20.5 Å². The van der Waals surface area contributed by atoms with Crippen LogP contribution >= 0.6 is 22.9 Å². The van der Waals surface area contributed by atoms with Crippen LogP contribution in [0.4, 0.5) is 10.8 Å². The van der Waals surface area contributed by atoms with Gasteiger partial charge in [0.2, 0.25) is 5.13 Å². The van der Waals surface area contributed by atoms with Crippen molar-refractivity contribution in [3.05, 3.63) is 39.7 Å². The minimum absolute atomic E-state index is 0.493. The van der Waals surface area contributed by atoms with E-state index in [9.17, 15) is 0 Å². The van der Waals surface area contributed by atoms with E-state index in [1.165, 1.54) is 11.3 Å². The largest absolute Gasteiger partial charge is 0.298 e. The van der Waals surface area contributed by atoms with Gasteiger partial charge in [-0.1, -0.05) is 29.0 Å². The highest BCUT2D eigenvalue weighted by Gasteiger charge is 1.98. The van der Waals surface area contributed by atoms with Crippen LogP contribution in [0.25, 0.3) is 0 Å². The summed E-state index contributed by atoms with van der Waals surface area (Å²) in [4.78, 5) is 0.